The Balaban J connectivity index is 1.70. The molecule has 0 aliphatic heterocycles. The number of fused-ring (bicyclic) bond motifs is 1. The molecule has 2 aromatic rings. The fourth-order valence-corrected chi connectivity index (χ4v) is 2.68. The highest BCUT2D eigenvalue weighted by molar-refractivity contribution is 5.44. The molecule has 1 aromatic heterocycles. The lowest BCUT2D eigenvalue weighted by Gasteiger charge is -2.11. The molecule has 0 radical (unpaired) electrons. The molecule has 0 amide bonds. The van der Waals surface area contributed by atoms with E-state index in [-0.39, 0.29) is 0 Å². The number of hydrogen-bond donors (Lipinski definition) is 1. The molecule has 20 heavy (non-hydrogen) atoms. The Hall–Kier alpha value is -2.03. The van der Waals surface area contributed by atoms with E-state index >= 15 is 0 Å². The molecule has 0 saturated carbocycles. The summed E-state index contributed by atoms with van der Waals surface area (Å²) in [6, 6.07) is 10.5. The number of aryl methyl sites for hydroxylation is 2. The summed E-state index contributed by atoms with van der Waals surface area (Å²) < 4.78 is 5.92. The third-order valence-corrected chi connectivity index (χ3v) is 3.70. The molecular formula is C17H20N2O. The first-order valence-corrected chi connectivity index (χ1v) is 7.29. The quantitative estimate of drug-likeness (QED) is 0.900. The predicted octanol–water partition coefficient (Wildman–Crippen LogP) is 3.58. The molecule has 0 fully saturated rings. The van der Waals surface area contributed by atoms with Gasteiger partial charge in [0, 0.05) is 18.3 Å². The Morgan fingerprint density at radius 2 is 2.10 bits per heavy atom. The molecule has 1 aliphatic rings. The van der Waals surface area contributed by atoms with Crippen LogP contribution in [-0.4, -0.2) is 11.5 Å². The number of pyridine rings is 1. The van der Waals surface area contributed by atoms with Crippen molar-refractivity contribution in [2.24, 2.45) is 0 Å². The molecule has 3 heteroatoms. The molecule has 0 saturated heterocycles. The normalized spacial score (nSPS) is 13.1. The highest BCUT2D eigenvalue weighted by Crippen LogP contribution is 2.26. The van der Waals surface area contributed by atoms with Gasteiger partial charge in [0.15, 0.2) is 0 Å². The second kappa shape index (κ2) is 5.95. The molecule has 0 bridgehead atoms. The van der Waals surface area contributed by atoms with Gasteiger partial charge in [-0.05, 0) is 55.5 Å². The number of hydrogen-bond acceptors (Lipinski definition) is 3. The second-order valence-corrected chi connectivity index (χ2v) is 5.11. The van der Waals surface area contributed by atoms with E-state index in [1.807, 2.05) is 6.07 Å². The number of ether oxygens (including phenoxy) is 1. The summed E-state index contributed by atoms with van der Waals surface area (Å²) in [5.74, 6) is 1.87. The van der Waals surface area contributed by atoms with E-state index in [1.165, 1.54) is 30.4 Å². The smallest absolute Gasteiger partial charge is 0.132 e. The van der Waals surface area contributed by atoms with E-state index in [9.17, 15) is 0 Å². The van der Waals surface area contributed by atoms with Crippen LogP contribution in [0.1, 0.15) is 30.0 Å². The van der Waals surface area contributed by atoms with Gasteiger partial charge in [-0.15, -0.1) is 0 Å². The summed E-state index contributed by atoms with van der Waals surface area (Å²) in [5, 5.41) is 3.26. The molecule has 1 aliphatic carbocycles. The minimum atomic E-state index is 0.551. The molecular weight excluding hydrogens is 248 g/mol. The van der Waals surface area contributed by atoms with Gasteiger partial charge in [-0.2, -0.15) is 0 Å². The molecule has 1 aromatic carbocycles. The summed E-state index contributed by atoms with van der Waals surface area (Å²) in [6.07, 6.45) is 5.47. The third-order valence-electron chi connectivity index (χ3n) is 3.70. The van der Waals surface area contributed by atoms with Gasteiger partial charge in [0.2, 0.25) is 0 Å². The van der Waals surface area contributed by atoms with Crippen LogP contribution in [0, 0.1) is 0 Å². The van der Waals surface area contributed by atoms with Crippen molar-refractivity contribution >= 4 is 5.82 Å². The van der Waals surface area contributed by atoms with Crippen LogP contribution in [0.3, 0.4) is 0 Å². The molecule has 0 spiro atoms. The van der Waals surface area contributed by atoms with Crippen LogP contribution in [-0.2, 0) is 19.4 Å². The second-order valence-electron chi connectivity index (χ2n) is 5.11. The average molecular weight is 268 g/mol. The van der Waals surface area contributed by atoms with Crippen LogP contribution in [0.4, 0.5) is 5.82 Å². The monoisotopic (exact) mass is 268 g/mol. The van der Waals surface area contributed by atoms with Crippen LogP contribution in [0.15, 0.2) is 36.5 Å². The Kier molecular flexibility index (Phi) is 3.86. The maximum absolute atomic E-state index is 5.92. The zero-order valence-corrected chi connectivity index (χ0v) is 11.9. The Labute approximate surface area is 120 Å². The lowest BCUT2D eigenvalue weighted by Crippen LogP contribution is -2.05. The number of rotatable bonds is 5. The van der Waals surface area contributed by atoms with Crippen LogP contribution in [0.2, 0.25) is 0 Å². The number of nitrogens with one attached hydrogen (secondary N) is 1. The average Bonchev–Trinajstić information content (AvgIpc) is 2.94. The molecule has 1 heterocycles. The number of nitrogens with zero attached hydrogens (tertiary/aromatic N) is 1. The summed E-state index contributed by atoms with van der Waals surface area (Å²) in [6.45, 7) is 3.48. The van der Waals surface area contributed by atoms with Crippen molar-refractivity contribution in [3.63, 3.8) is 0 Å². The van der Waals surface area contributed by atoms with Gasteiger partial charge in [0.25, 0.3) is 0 Å². The summed E-state index contributed by atoms with van der Waals surface area (Å²) in [7, 11) is 0. The van der Waals surface area contributed by atoms with E-state index in [0.717, 1.165) is 23.7 Å². The Morgan fingerprint density at radius 3 is 3.00 bits per heavy atom. The molecule has 1 N–H and O–H groups in total. The first-order valence-electron chi connectivity index (χ1n) is 7.29. The predicted molar refractivity (Wildman–Crippen MR) is 81.2 cm³/mol. The SMILES string of the molecule is CCNc1ncccc1COc1ccc2c(c1)CCC2. The van der Waals surface area contributed by atoms with Crippen LogP contribution >= 0.6 is 0 Å². The van der Waals surface area contributed by atoms with Crippen molar-refractivity contribution in [2.75, 3.05) is 11.9 Å². The van der Waals surface area contributed by atoms with Crippen LogP contribution < -0.4 is 10.1 Å². The van der Waals surface area contributed by atoms with Crippen molar-refractivity contribution in [3.05, 3.63) is 53.2 Å². The fraction of sp³-hybridized carbons (Fsp3) is 0.353. The third kappa shape index (κ3) is 2.77. The van der Waals surface area contributed by atoms with Gasteiger partial charge in [0.1, 0.15) is 18.2 Å². The topological polar surface area (TPSA) is 34.2 Å². The summed E-state index contributed by atoms with van der Waals surface area (Å²) >= 11 is 0. The van der Waals surface area contributed by atoms with E-state index < -0.39 is 0 Å². The zero-order chi connectivity index (χ0) is 13.8. The van der Waals surface area contributed by atoms with Crippen molar-refractivity contribution in [1.82, 2.24) is 4.98 Å². The Morgan fingerprint density at radius 1 is 1.20 bits per heavy atom. The van der Waals surface area contributed by atoms with Crippen molar-refractivity contribution in [1.29, 1.82) is 0 Å². The number of anilines is 1. The highest BCUT2D eigenvalue weighted by atomic mass is 16.5. The van der Waals surface area contributed by atoms with Crippen molar-refractivity contribution in [3.8, 4) is 5.75 Å². The van der Waals surface area contributed by atoms with Crippen LogP contribution in [0.25, 0.3) is 0 Å². The number of aromatic nitrogens is 1. The minimum Gasteiger partial charge on any atom is -0.489 e. The lowest BCUT2D eigenvalue weighted by atomic mass is 10.1. The molecule has 3 nitrogen and oxygen atoms in total. The van der Waals surface area contributed by atoms with E-state index in [0.29, 0.717) is 6.61 Å². The van der Waals surface area contributed by atoms with Crippen LogP contribution in [0.5, 0.6) is 5.75 Å². The lowest BCUT2D eigenvalue weighted by molar-refractivity contribution is 0.306. The van der Waals surface area contributed by atoms with Gasteiger partial charge >= 0.3 is 0 Å². The van der Waals surface area contributed by atoms with E-state index in [4.69, 9.17) is 4.74 Å². The molecule has 3 rings (SSSR count). The first kappa shape index (κ1) is 13.0. The maximum Gasteiger partial charge on any atom is 0.132 e. The first-order chi connectivity index (χ1) is 9.86. The van der Waals surface area contributed by atoms with E-state index in [2.05, 4.69) is 41.5 Å². The fourth-order valence-electron chi connectivity index (χ4n) is 2.68. The number of benzene rings is 1. The molecule has 104 valence electrons. The highest BCUT2D eigenvalue weighted by Gasteiger charge is 2.11. The summed E-state index contributed by atoms with van der Waals surface area (Å²) in [5.41, 5.74) is 4.02. The summed E-state index contributed by atoms with van der Waals surface area (Å²) in [4.78, 5) is 4.35. The standard InChI is InChI=1S/C17H20N2O/c1-2-18-17-15(7-4-10-19-17)12-20-16-9-8-13-5-3-6-14(13)11-16/h4,7-11H,2-3,5-6,12H2,1H3,(H,18,19). The van der Waals surface area contributed by atoms with Gasteiger partial charge in [0.05, 0.1) is 0 Å². The van der Waals surface area contributed by atoms with Gasteiger partial charge in [-0.1, -0.05) is 12.1 Å². The van der Waals surface area contributed by atoms with Gasteiger partial charge in [-0.25, -0.2) is 4.98 Å². The van der Waals surface area contributed by atoms with Crippen molar-refractivity contribution in [2.45, 2.75) is 32.8 Å². The maximum atomic E-state index is 5.92. The zero-order valence-electron chi connectivity index (χ0n) is 11.9. The Bertz CT molecular complexity index is 595. The van der Waals surface area contributed by atoms with Gasteiger partial charge in [-0.3, -0.25) is 0 Å². The minimum absolute atomic E-state index is 0.551. The van der Waals surface area contributed by atoms with Crippen molar-refractivity contribution < 1.29 is 4.74 Å². The van der Waals surface area contributed by atoms with E-state index in [1.54, 1.807) is 6.20 Å². The molecule has 0 atom stereocenters. The van der Waals surface area contributed by atoms with Gasteiger partial charge < -0.3 is 10.1 Å². The largest absolute Gasteiger partial charge is 0.489 e. The molecule has 0 unspecified atom stereocenters.